The van der Waals surface area contributed by atoms with Gasteiger partial charge in [-0.3, -0.25) is 0 Å². The van der Waals surface area contributed by atoms with Crippen molar-refractivity contribution in [3.63, 3.8) is 0 Å². The lowest BCUT2D eigenvalue weighted by Crippen LogP contribution is -2.21. The molecule has 0 fully saturated rings. The summed E-state index contributed by atoms with van der Waals surface area (Å²) in [6.45, 7) is -0.158. The maximum atomic E-state index is 9.71. The van der Waals surface area contributed by atoms with Crippen molar-refractivity contribution in [2.45, 2.75) is 18.1 Å². The van der Waals surface area contributed by atoms with Crippen molar-refractivity contribution in [2.24, 2.45) is 5.11 Å². The number of rotatable bonds is 5. The number of hydrogen-bond donors (Lipinski definition) is 2. The highest BCUT2D eigenvalue weighted by Crippen LogP contribution is 2.18. The van der Waals surface area contributed by atoms with Crippen LogP contribution in [-0.2, 0) is 5.88 Å². The van der Waals surface area contributed by atoms with Gasteiger partial charge in [-0.15, -0.1) is 11.6 Å². The van der Waals surface area contributed by atoms with Gasteiger partial charge in [-0.2, -0.15) is 0 Å². The molecular weight excluding hydrogens is 230 g/mol. The minimum atomic E-state index is -1.10. The summed E-state index contributed by atoms with van der Waals surface area (Å²) in [6.07, 6.45) is -2.16. The van der Waals surface area contributed by atoms with E-state index in [1.807, 2.05) is 0 Å². The minimum absolute atomic E-state index is 0.158. The summed E-state index contributed by atoms with van der Waals surface area (Å²) in [5.41, 5.74) is 9.58. The van der Waals surface area contributed by atoms with Gasteiger partial charge in [0.1, 0.15) is 6.10 Å². The van der Waals surface area contributed by atoms with Crippen molar-refractivity contribution < 1.29 is 10.2 Å². The highest BCUT2D eigenvalue weighted by Gasteiger charge is 2.17. The van der Waals surface area contributed by atoms with Gasteiger partial charge in [0, 0.05) is 10.8 Å². The average Bonchev–Trinajstić information content (AvgIpc) is 2.35. The highest BCUT2D eigenvalue weighted by atomic mass is 35.5. The predicted octanol–water partition coefficient (Wildman–Crippen LogP) is 2.13. The van der Waals surface area contributed by atoms with E-state index >= 15 is 0 Å². The second kappa shape index (κ2) is 6.35. The molecule has 1 aromatic rings. The molecule has 0 bridgehead atoms. The minimum Gasteiger partial charge on any atom is -0.390 e. The lowest BCUT2D eigenvalue weighted by molar-refractivity contribution is 0.0244. The van der Waals surface area contributed by atoms with E-state index in [1.54, 1.807) is 24.3 Å². The van der Waals surface area contributed by atoms with E-state index in [1.165, 1.54) is 0 Å². The Morgan fingerprint density at radius 2 is 1.94 bits per heavy atom. The molecule has 0 heterocycles. The number of nitrogens with zero attached hydrogens (tertiary/aromatic N) is 3. The Bertz CT molecular complexity index is 376. The van der Waals surface area contributed by atoms with Gasteiger partial charge in [-0.05, 0) is 16.7 Å². The summed E-state index contributed by atoms with van der Waals surface area (Å²) < 4.78 is 0. The smallest absolute Gasteiger partial charge is 0.105 e. The molecule has 16 heavy (non-hydrogen) atoms. The van der Waals surface area contributed by atoms with E-state index in [2.05, 4.69) is 10.0 Å². The molecule has 6 heteroatoms. The third-order valence-corrected chi connectivity index (χ3v) is 2.48. The van der Waals surface area contributed by atoms with Crippen LogP contribution >= 0.6 is 11.6 Å². The van der Waals surface area contributed by atoms with Crippen molar-refractivity contribution >= 4 is 11.6 Å². The van der Waals surface area contributed by atoms with Crippen LogP contribution in [0, 0.1) is 0 Å². The number of hydrogen-bond acceptors (Lipinski definition) is 3. The molecular formula is C10H12ClN3O2. The Kier molecular flexibility index (Phi) is 5.08. The maximum Gasteiger partial charge on any atom is 0.105 e. The van der Waals surface area contributed by atoms with Gasteiger partial charge in [0.2, 0.25) is 0 Å². The third-order valence-electron chi connectivity index (χ3n) is 2.17. The molecule has 0 aliphatic heterocycles. The van der Waals surface area contributed by atoms with Crippen LogP contribution in [-0.4, -0.2) is 22.9 Å². The molecule has 2 N–H and O–H groups in total. The Morgan fingerprint density at radius 1 is 1.31 bits per heavy atom. The number of aliphatic hydroxyl groups is 2. The van der Waals surface area contributed by atoms with Gasteiger partial charge < -0.3 is 10.2 Å². The molecule has 0 aromatic heterocycles. The molecule has 0 saturated heterocycles. The number of halogens is 1. The first-order chi connectivity index (χ1) is 7.69. The van der Waals surface area contributed by atoms with Crippen LogP contribution in [0.5, 0.6) is 0 Å². The summed E-state index contributed by atoms with van der Waals surface area (Å²) in [6, 6.07) is 6.90. The van der Waals surface area contributed by atoms with Crippen LogP contribution in [0.1, 0.15) is 17.2 Å². The lowest BCUT2D eigenvalue weighted by Gasteiger charge is -2.16. The summed E-state index contributed by atoms with van der Waals surface area (Å²) in [4.78, 5) is 2.52. The Morgan fingerprint density at radius 3 is 2.44 bits per heavy atom. The summed E-state index contributed by atoms with van der Waals surface area (Å²) in [7, 11) is 0. The Balaban J connectivity index is 2.71. The van der Waals surface area contributed by atoms with Crippen LogP contribution in [0.3, 0.4) is 0 Å². The molecule has 1 rings (SSSR count). The first-order valence-corrected chi connectivity index (χ1v) is 5.24. The molecule has 0 spiro atoms. The van der Waals surface area contributed by atoms with Crippen LogP contribution in [0.2, 0.25) is 0 Å². The van der Waals surface area contributed by atoms with Gasteiger partial charge in [-0.25, -0.2) is 0 Å². The second-order valence-electron chi connectivity index (χ2n) is 3.30. The van der Waals surface area contributed by atoms with Crippen molar-refractivity contribution in [3.05, 3.63) is 45.8 Å². The normalized spacial score (nSPS) is 13.9. The molecule has 1 aromatic carbocycles. The van der Waals surface area contributed by atoms with Crippen molar-refractivity contribution in [1.82, 2.24) is 0 Å². The van der Waals surface area contributed by atoms with Gasteiger partial charge in [0.15, 0.2) is 0 Å². The summed E-state index contributed by atoms with van der Waals surface area (Å²) in [5, 5.41) is 22.4. The molecule has 0 amide bonds. The van der Waals surface area contributed by atoms with E-state index in [0.717, 1.165) is 5.56 Å². The van der Waals surface area contributed by atoms with E-state index in [0.29, 0.717) is 11.4 Å². The Labute approximate surface area is 97.9 Å². The highest BCUT2D eigenvalue weighted by molar-refractivity contribution is 6.17. The average molecular weight is 242 g/mol. The van der Waals surface area contributed by atoms with E-state index in [9.17, 15) is 10.2 Å². The first kappa shape index (κ1) is 12.8. The number of aliphatic hydroxyl groups excluding tert-OH is 2. The van der Waals surface area contributed by atoms with Crippen LogP contribution in [0.25, 0.3) is 10.4 Å². The molecule has 0 aliphatic rings. The van der Waals surface area contributed by atoms with E-state index < -0.39 is 12.2 Å². The van der Waals surface area contributed by atoms with Crippen LogP contribution in [0.4, 0.5) is 0 Å². The van der Waals surface area contributed by atoms with Gasteiger partial charge in [0.05, 0.1) is 12.6 Å². The lowest BCUT2D eigenvalue weighted by atomic mass is 10.0. The largest absolute Gasteiger partial charge is 0.390 e. The maximum absolute atomic E-state index is 9.71. The zero-order chi connectivity index (χ0) is 12.0. The topological polar surface area (TPSA) is 89.2 Å². The van der Waals surface area contributed by atoms with Crippen molar-refractivity contribution in [1.29, 1.82) is 0 Å². The van der Waals surface area contributed by atoms with Crippen molar-refractivity contribution in [3.8, 4) is 0 Å². The fourth-order valence-electron chi connectivity index (χ4n) is 1.25. The molecule has 86 valence electrons. The zero-order valence-electron chi connectivity index (χ0n) is 8.49. The third kappa shape index (κ3) is 3.40. The Hall–Kier alpha value is -1.26. The second-order valence-corrected chi connectivity index (χ2v) is 3.57. The monoisotopic (exact) mass is 241 g/mol. The predicted molar refractivity (Wildman–Crippen MR) is 61.0 cm³/mol. The molecule has 2 atom stereocenters. The van der Waals surface area contributed by atoms with E-state index in [4.69, 9.17) is 17.1 Å². The molecule has 5 nitrogen and oxygen atoms in total. The molecule has 0 aliphatic carbocycles. The van der Waals surface area contributed by atoms with Gasteiger partial charge in [0.25, 0.3) is 0 Å². The summed E-state index contributed by atoms with van der Waals surface area (Å²) >= 11 is 5.62. The first-order valence-electron chi connectivity index (χ1n) is 4.71. The number of azide groups is 1. The molecule has 0 saturated carbocycles. The number of alkyl halides is 1. The molecule has 0 radical (unpaired) electrons. The quantitative estimate of drug-likeness (QED) is 0.358. The summed E-state index contributed by atoms with van der Waals surface area (Å²) in [5.74, 6) is 0.400. The van der Waals surface area contributed by atoms with Gasteiger partial charge >= 0.3 is 0 Å². The van der Waals surface area contributed by atoms with Crippen LogP contribution < -0.4 is 0 Å². The van der Waals surface area contributed by atoms with Crippen LogP contribution in [0.15, 0.2) is 29.4 Å². The number of benzene rings is 1. The van der Waals surface area contributed by atoms with E-state index in [-0.39, 0.29) is 6.54 Å². The standard InChI is InChI=1S/C10H12ClN3O2/c11-5-7-1-3-8(4-2-7)10(16)9(15)6-13-14-12/h1-4,9-10,15-16H,5-6H2. The fourth-order valence-corrected chi connectivity index (χ4v) is 1.42. The fraction of sp³-hybridized carbons (Fsp3) is 0.400. The van der Waals surface area contributed by atoms with Gasteiger partial charge in [-0.1, -0.05) is 29.4 Å². The zero-order valence-corrected chi connectivity index (χ0v) is 9.25. The molecule has 2 unspecified atom stereocenters. The SMILES string of the molecule is [N-]=[N+]=NCC(O)C(O)c1ccc(CCl)cc1. The van der Waals surface area contributed by atoms with Crippen molar-refractivity contribution in [2.75, 3.05) is 6.54 Å².